The van der Waals surface area contributed by atoms with E-state index in [1.54, 1.807) is 42.5 Å². The van der Waals surface area contributed by atoms with Crippen LogP contribution in [0.4, 0.5) is 13.2 Å². The Bertz CT molecular complexity index is 1420. The quantitative estimate of drug-likeness (QED) is 0.414. The molecule has 0 fully saturated rings. The first-order chi connectivity index (χ1) is 14.8. The number of nitrogens with one attached hydrogen (secondary N) is 3. The van der Waals surface area contributed by atoms with Gasteiger partial charge in [0.15, 0.2) is 0 Å². The molecule has 3 heterocycles. The molecule has 0 saturated carbocycles. The third-order valence-corrected chi connectivity index (χ3v) is 5.59. The molecule has 2 aromatic carbocycles. The lowest BCUT2D eigenvalue weighted by Gasteiger charge is -2.10. The van der Waals surface area contributed by atoms with E-state index in [0.717, 1.165) is 5.56 Å². The fourth-order valence-corrected chi connectivity index (χ4v) is 4.16. The van der Waals surface area contributed by atoms with Crippen LogP contribution < -0.4 is 5.32 Å². The summed E-state index contributed by atoms with van der Waals surface area (Å²) in [6.45, 7) is 1.89. The number of imide groups is 1. The number of halogens is 3. The Morgan fingerprint density at radius 2 is 1.65 bits per heavy atom. The number of aromatic nitrogens is 2. The van der Waals surface area contributed by atoms with Crippen LogP contribution >= 0.6 is 0 Å². The number of hydrogen-bond donors (Lipinski definition) is 3. The highest BCUT2D eigenvalue weighted by Gasteiger charge is 2.42. The molecule has 31 heavy (non-hydrogen) atoms. The van der Waals surface area contributed by atoms with Crippen LogP contribution in [-0.2, 0) is 22.2 Å². The highest BCUT2D eigenvalue weighted by Crippen LogP contribution is 2.44. The molecule has 1 aliphatic heterocycles. The number of rotatable bonds is 3. The molecule has 0 bridgehead atoms. The van der Waals surface area contributed by atoms with Crippen molar-refractivity contribution >= 4 is 44.8 Å². The van der Waals surface area contributed by atoms with Gasteiger partial charge in [-0.25, -0.2) is 0 Å². The normalized spacial score (nSPS) is 14.8. The van der Waals surface area contributed by atoms with E-state index < -0.39 is 23.7 Å². The van der Waals surface area contributed by atoms with Crippen LogP contribution in [0.15, 0.2) is 48.7 Å². The zero-order valence-electron chi connectivity index (χ0n) is 16.3. The molecule has 4 aromatic rings. The van der Waals surface area contributed by atoms with Crippen molar-refractivity contribution in [2.45, 2.75) is 19.5 Å². The van der Waals surface area contributed by atoms with Crippen LogP contribution in [0.2, 0.25) is 0 Å². The number of alkyl halides is 3. The summed E-state index contributed by atoms with van der Waals surface area (Å²) in [5, 5.41) is 3.08. The van der Waals surface area contributed by atoms with Gasteiger partial charge in [-0.05, 0) is 30.2 Å². The maximum absolute atomic E-state index is 14.0. The molecule has 1 aliphatic rings. The lowest BCUT2D eigenvalue weighted by molar-refractivity contribution is -0.140. The van der Waals surface area contributed by atoms with Gasteiger partial charge in [0.2, 0.25) is 0 Å². The molecule has 3 N–H and O–H groups in total. The van der Waals surface area contributed by atoms with Gasteiger partial charge in [-0.1, -0.05) is 31.2 Å². The minimum absolute atomic E-state index is 0.0734. The zero-order valence-corrected chi connectivity index (χ0v) is 16.3. The number of benzene rings is 2. The van der Waals surface area contributed by atoms with Crippen molar-refractivity contribution in [1.82, 2.24) is 15.3 Å². The van der Waals surface area contributed by atoms with E-state index in [9.17, 15) is 22.8 Å². The number of fused-ring (bicyclic) bond motifs is 2. The third-order valence-electron chi connectivity index (χ3n) is 5.59. The number of hydrogen-bond acceptors (Lipinski definition) is 2. The first-order valence-electron chi connectivity index (χ1n) is 9.68. The largest absolute Gasteiger partial charge is 0.431 e. The molecule has 0 spiro atoms. The summed E-state index contributed by atoms with van der Waals surface area (Å²) in [6.07, 6.45) is -2.59. The Hall–Kier alpha value is -3.81. The van der Waals surface area contributed by atoms with Crippen molar-refractivity contribution in [3.05, 3.63) is 71.0 Å². The average Bonchev–Trinajstić information content (AvgIpc) is 3.39. The van der Waals surface area contributed by atoms with Gasteiger partial charge in [-0.15, -0.1) is 0 Å². The van der Waals surface area contributed by atoms with Gasteiger partial charge in [0, 0.05) is 39.1 Å². The van der Waals surface area contributed by atoms with Crippen LogP contribution in [0.3, 0.4) is 0 Å². The molecule has 2 amide bonds. The number of carbonyl (C=O) groups is 2. The van der Waals surface area contributed by atoms with Crippen molar-refractivity contribution in [1.29, 1.82) is 0 Å². The van der Waals surface area contributed by atoms with Gasteiger partial charge in [0.1, 0.15) is 5.69 Å². The number of amides is 2. The summed E-state index contributed by atoms with van der Waals surface area (Å²) in [5.74, 6) is -1.57. The van der Waals surface area contributed by atoms with Crippen molar-refractivity contribution in [3.63, 3.8) is 0 Å². The fourth-order valence-electron chi connectivity index (χ4n) is 4.16. The summed E-state index contributed by atoms with van der Waals surface area (Å²) in [6, 6.07) is 12.0. The van der Waals surface area contributed by atoms with E-state index in [0.29, 0.717) is 22.9 Å². The second-order valence-electron chi connectivity index (χ2n) is 7.39. The summed E-state index contributed by atoms with van der Waals surface area (Å²) < 4.78 is 42.0. The molecular weight excluding hydrogens is 407 g/mol. The maximum Gasteiger partial charge on any atom is 0.431 e. The third kappa shape index (κ3) is 2.86. The molecule has 5 rings (SSSR count). The fraction of sp³-hybridized carbons (Fsp3) is 0.130. The number of aromatic amines is 2. The van der Waals surface area contributed by atoms with Crippen LogP contribution in [0.1, 0.15) is 29.3 Å². The van der Waals surface area contributed by atoms with Gasteiger partial charge in [0.25, 0.3) is 11.8 Å². The summed E-state index contributed by atoms with van der Waals surface area (Å²) in [7, 11) is 0. The summed E-state index contributed by atoms with van der Waals surface area (Å²) in [5.41, 5.74) is 0.451. The lowest BCUT2D eigenvalue weighted by Crippen LogP contribution is -2.23. The second kappa shape index (κ2) is 6.60. The van der Waals surface area contributed by atoms with Gasteiger partial charge < -0.3 is 9.97 Å². The molecular formula is C23H16F3N3O2. The first-order valence-corrected chi connectivity index (χ1v) is 9.68. The highest BCUT2D eigenvalue weighted by atomic mass is 19.4. The smallest absolute Gasteiger partial charge is 0.361 e. The Balaban J connectivity index is 1.91. The zero-order chi connectivity index (χ0) is 21.9. The van der Waals surface area contributed by atoms with Crippen molar-refractivity contribution < 1.29 is 22.8 Å². The van der Waals surface area contributed by atoms with Crippen molar-refractivity contribution in [2.75, 3.05) is 0 Å². The molecule has 8 heteroatoms. The number of para-hydroxylation sites is 1. The molecule has 0 unspecified atom stereocenters. The molecule has 5 nitrogen and oxygen atoms in total. The van der Waals surface area contributed by atoms with Gasteiger partial charge >= 0.3 is 6.18 Å². The molecule has 0 saturated heterocycles. The summed E-state index contributed by atoms with van der Waals surface area (Å²) in [4.78, 5) is 31.0. The minimum Gasteiger partial charge on any atom is -0.361 e. The summed E-state index contributed by atoms with van der Waals surface area (Å²) >= 11 is 0. The second-order valence-corrected chi connectivity index (χ2v) is 7.39. The Morgan fingerprint density at radius 1 is 0.903 bits per heavy atom. The number of carbonyl (C=O) groups excluding carboxylic acids is 2. The predicted octanol–water partition coefficient (Wildman–Crippen LogP) is 4.80. The van der Waals surface area contributed by atoms with Crippen LogP contribution in [0.5, 0.6) is 0 Å². The highest BCUT2D eigenvalue weighted by molar-refractivity contribution is 6.51. The molecule has 0 atom stereocenters. The van der Waals surface area contributed by atoms with Gasteiger partial charge in [-0.2, -0.15) is 13.2 Å². The van der Waals surface area contributed by atoms with E-state index in [-0.39, 0.29) is 27.6 Å². The van der Waals surface area contributed by atoms with Crippen molar-refractivity contribution in [2.24, 2.45) is 0 Å². The van der Waals surface area contributed by atoms with Crippen LogP contribution in [-0.4, -0.2) is 21.8 Å². The molecule has 0 aliphatic carbocycles. The van der Waals surface area contributed by atoms with Crippen LogP contribution in [0, 0.1) is 0 Å². The molecule has 156 valence electrons. The topological polar surface area (TPSA) is 77.8 Å². The molecule has 0 radical (unpaired) electrons. The van der Waals surface area contributed by atoms with E-state index in [1.165, 1.54) is 6.20 Å². The van der Waals surface area contributed by atoms with E-state index in [4.69, 9.17) is 0 Å². The van der Waals surface area contributed by atoms with E-state index >= 15 is 0 Å². The Kier molecular flexibility index (Phi) is 4.08. The van der Waals surface area contributed by atoms with Crippen LogP contribution in [0.25, 0.3) is 33.0 Å². The lowest BCUT2D eigenvalue weighted by atomic mass is 9.93. The predicted molar refractivity (Wildman–Crippen MR) is 111 cm³/mol. The average molecular weight is 423 g/mol. The first kappa shape index (κ1) is 19.2. The van der Waals surface area contributed by atoms with E-state index in [1.807, 2.05) is 6.92 Å². The number of H-pyrrole nitrogens is 2. The van der Waals surface area contributed by atoms with Gasteiger partial charge in [-0.3, -0.25) is 14.9 Å². The SMILES string of the molecule is CCc1ccc2[nH]c(C(F)(F)F)c(C3=C(c4c[nH]c5ccccc45)C(=O)NC3=O)c2c1. The Labute approximate surface area is 173 Å². The van der Waals surface area contributed by atoms with Crippen molar-refractivity contribution in [3.8, 4) is 0 Å². The Morgan fingerprint density at radius 3 is 2.39 bits per heavy atom. The maximum atomic E-state index is 14.0. The number of aryl methyl sites for hydroxylation is 1. The van der Waals surface area contributed by atoms with E-state index in [2.05, 4.69) is 15.3 Å². The monoisotopic (exact) mass is 423 g/mol. The standard InChI is InChI=1S/C23H16F3N3O2/c1-2-11-7-8-16-13(9-11)17(20(28-16)23(24,25)26)19-18(21(30)29-22(19)31)14-10-27-15-6-4-3-5-12(14)15/h3-10,27-28H,2H2,1H3,(H,29,30,31). The minimum atomic E-state index is -4.75. The van der Waals surface area contributed by atoms with Gasteiger partial charge in [0.05, 0.1) is 11.1 Å². The molecule has 2 aromatic heterocycles.